The van der Waals surface area contributed by atoms with Gasteiger partial charge in [-0.05, 0) is 36.8 Å². The Bertz CT molecular complexity index is 1010. The van der Waals surface area contributed by atoms with Gasteiger partial charge in [-0.1, -0.05) is 37.1 Å². The van der Waals surface area contributed by atoms with Crippen molar-refractivity contribution in [2.75, 3.05) is 18.6 Å². The van der Waals surface area contributed by atoms with Crippen molar-refractivity contribution in [2.45, 2.75) is 38.6 Å². The van der Waals surface area contributed by atoms with E-state index < -0.39 is 0 Å². The van der Waals surface area contributed by atoms with Crippen LogP contribution in [0.1, 0.15) is 37.9 Å². The van der Waals surface area contributed by atoms with Gasteiger partial charge in [0.1, 0.15) is 11.6 Å². The molecule has 0 N–H and O–H groups in total. The molecule has 1 aliphatic rings. The summed E-state index contributed by atoms with van der Waals surface area (Å²) in [7, 11) is 1.61. The number of hydrogen-bond acceptors (Lipinski definition) is 3. The lowest BCUT2D eigenvalue weighted by Gasteiger charge is -2.20. The van der Waals surface area contributed by atoms with Crippen LogP contribution < -0.4 is 9.64 Å². The number of aryl methyl sites for hydroxylation is 1. The second kappa shape index (κ2) is 7.84. The zero-order chi connectivity index (χ0) is 19.7. The Kier molecular flexibility index (Phi) is 5.27. The Morgan fingerprint density at radius 3 is 2.86 bits per heavy atom. The number of imidazole rings is 1. The molecule has 1 aliphatic heterocycles. The van der Waals surface area contributed by atoms with Crippen LogP contribution in [-0.4, -0.2) is 29.1 Å². The van der Waals surface area contributed by atoms with E-state index in [1.807, 2.05) is 18.2 Å². The summed E-state index contributed by atoms with van der Waals surface area (Å²) in [5.41, 5.74) is 2.84. The number of rotatable bonds is 6. The van der Waals surface area contributed by atoms with E-state index in [9.17, 15) is 4.79 Å². The van der Waals surface area contributed by atoms with E-state index in [2.05, 4.69) is 17.6 Å². The Hall–Kier alpha value is -2.53. The van der Waals surface area contributed by atoms with Crippen molar-refractivity contribution in [1.29, 1.82) is 0 Å². The average molecular weight is 398 g/mol. The van der Waals surface area contributed by atoms with E-state index in [-0.39, 0.29) is 11.8 Å². The quantitative estimate of drug-likeness (QED) is 0.586. The van der Waals surface area contributed by atoms with Crippen LogP contribution in [0.2, 0.25) is 5.02 Å². The predicted octanol–water partition coefficient (Wildman–Crippen LogP) is 5.02. The van der Waals surface area contributed by atoms with Crippen LogP contribution in [-0.2, 0) is 11.3 Å². The molecule has 0 aliphatic carbocycles. The molecule has 1 aromatic heterocycles. The second-order valence-electron chi connectivity index (χ2n) is 7.19. The molecule has 146 valence electrons. The number of hydrogen-bond donors (Lipinski definition) is 0. The van der Waals surface area contributed by atoms with E-state index in [4.69, 9.17) is 21.3 Å². The highest BCUT2D eigenvalue weighted by molar-refractivity contribution is 6.31. The lowest BCUT2D eigenvalue weighted by molar-refractivity contribution is -0.117. The molecule has 2 aromatic carbocycles. The van der Waals surface area contributed by atoms with Gasteiger partial charge in [-0.2, -0.15) is 0 Å². The molecule has 1 atom stereocenters. The Labute approximate surface area is 169 Å². The fraction of sp³-hybridized carbons (Fsp3) is 0.364. The highest BCUT2D eigenvalue weighted by atomic mass is 35.5. The third kappa shape index (κ3) is 3.35. The zero-order valence-corrected chi connectivity index (χ0v) is 16.9. The first-order valence-corrected chi connectivity index (χ1v) is 10.1. The first-order valence-electron chi connectivity index (χ1n) is 9.71. The fourth-order valence-corrected chi connectivity index (χ4v) is 4.11. The minimum Gasteiger partial charge on any atom is -0.495 e. The fourth-order valence-electron chi connectivity index (χ4n) is 3.94. The van der Waals surface area contributed by atoms with Crippen molar-refractivity contribution in [3.8, 4) is 5.75 Å². The van der Waals surface area contributed by atoms with Gasteiger partial charge in [0.2, 0.25) is 5.91 Å². The third-order valence-corrected chi connectivity index (χ3v) is 5.58. The number of amides is 1. The maximum Gasteiger partial charge on any atom is 0.227 e. The summed E-state index contributed by atoms with van der Waals surface area (Å²) in [5.74, 6) is 1.75. The van der Waals surface area contributed by atoms with Crippen LogP contribution in [0, 0.1) is 0 Å². The molecule has 0 spiro atoms. The van der Waals surface area contributed by atoms with Crippen molar-refractivity contribution in [2.24, 2.45) is 0 Å². The summed E-state index contributed by atoms with van der Waals surface area (Å²) in [5, 5.41) is 0.585. The topological polar surface area (TPSA) is 47.4 Å². The minimum atomic E-state index is 0.0421. The van der Waals surface area contributed by atoms with Gasteiger partial charge in [0.05, 0.1) is 23.8 Å². The summed E-state index contributed by atoms with van der Waals surface area (Å²) in [6, 6.07) is 13.6. The van der Waals surface area contributed by atoms with Crippen molar-refractivity contribution in [3.05, 3.63) is 53.3 Å². The Morgan fingerprint density at radius 2 is 2.07 bits per heavy atom. The SMILES string of the molecule is CCCCn1c(C2CC(=O)N(c3cc(Cl)ccc3OC)C2)nc2ccccc21. The number of aromatic nitrogens is 2. The third-order valence-electron chi connectivity index (χ3n) is 5.34. The molecule has 1 saturated heterocycles. The van der Waals surface area contributed by atoms with Crippen molar-refractivity contribution >= 4 is 34.2 Å². The summed E-state index contributed by atoms with van der Waals surface area (Å²) in [6.07, 6.45) is 2.63. The van der Waals surface area contributed by atoms with Crippen molar-refractivity contribution < 1.29 is 9.53 Å². The Balaban J connectivity index is 1.70. The molecule has 1 amide bonds. The van der Waals surface area contributed by atoms with Crippen LogP contribution in [0.4, 0.5) is 5.69 Å². The van der Waals surface area contributed by atoms with Gasteiger partial charge < -0.3 is 14.2 Å². The summed E-state index contributed by atoms with van der Waals surface area (Å²) in [4.78, 5) is 19.5. The zero-order valence-electron chi connectivity index (χ0n) is 16.2. The van der Waals surface area contributed by atoms with Crippen LogP contribution in [0.5, 0.6) is 5.75 Å². The van der Waals surface area contributed by atoms with E-state index >= 15 is 0 Å². The van der Waals surface area contributed by atoms with Crippen LogP contribution in [0.25, 0.3) is 11.0 Å². The molecule has 3 aromatic rings. The molecule has 0 saturated carbocycles. The smallest absolute Gasteiger partial charge is 0.227 e. The van der Waals surface area contributed by atoms with Gasteiger partial charge >= 0.3 is 0 Å². The largest absolute Gasteiger partial charge is 0.495 e. The number of para-hydroxylation sites is 2. The second-order valence-corrected chi connectivity index (χ2v) is 7.62. The minimum absolute atomic E-state index is 0.0421. The number of anilines is 1. The number of methoxy groups -OCH3 is 1. The van der Waals surface area contributed by atoms with Crippen molar-refractivity contribution in [3.63, 3.8) is 0 Å². The normalized spacial score (nSPS) is 16.9. The number of ether oxygens (including phenoxy) is 1. The molecule has 6 heteroatoms. The van der Waals surface area contributed by atoms with Gasteiger partial charge in [-0.15, -0.1) is 0 Å². The molecule has 5 nitrogen and oxygen atoms in total. The maximum atomic E-state index is 12.9. The molecule has 0 bridgehead atoms. The van der Waals surface area contributed by atoms with Crippen LogP contribution >= 0.6 is 11.6 Å². The van der Waals surface area contributed by atoms with Gasteiger partial charge in [0, 0.05) is 30.5 Å². The monoisotopic (exact) mass is 397 g/mol. The first-order chi connectivity index (χ1) is 13.6. The highest BCUT2D eigenvalue weighted by Gasteiger charge is 2.36. The number of unbranched alkanes of at least 4 members (excludes halogenated alkanes) is 1. The number of benzene rings is 2. The number of carbonyl (C=O) groups excluding carboxylic acids is 1. The van der Waals surface area contributed by atoms with E-state index in [1.165, 1.54) is 0 Å². The molecule has 4 rings (SSSR count). The van der Waals surface area contributed by atoms with E-state index in [1.54, 1.807) is 30.2 Å². The lowest BCUT2D eigenvalue weighted by Crippen LogP contribution is -2.25. The van der Waals surface area contributed by atoms with E-state index in [0.717, 1.165) is 41.9 Å². The molecule has 1 unspecified atom stereocenters. The number of halogens is 1. The summed E-state index contributed by atoms with van der Waals surface area (Å²) < 4.78 is 7.74. The van der Waals surface area contributed by atoms with E-state index in [0.29, 0.717) is 23.7 Å². The summed E-state index contributed by atoms with van der Waals surface area (Å²) in [6.45, 7) is 3.67. The van der Waals surface area contributed by atoms with Gasteiger partial charge in [-0.25, -0.2) is 4.98 Å². The summed E-state index contributed by atoms with van der Waals surface area (Å²) >= 11 is 6.18. The maximum absolute atomic E-state index is 12.9. The Morgan fingerprint density at radius 1 is 1.25 bits per heavy atom. The number of carbonyl (C=O) groups is 1. The number of fused-ring (bicyclic) bond motifs is 1. The lowest BCUT2D eigenvalue weighted by atomic mass is 10.1. The number of nitrogens with zero attached hydrogens (tertiary/aromatic N) is 3. The van der Waals surface area contributed by atoms with Crippen molar-refractivity contribution in [1.82, 2.24) is 9.55 Å². The molecule has 28 heavy (non-hydrogen) atoms. The molecule has 1 fully saturated rings. The van der Waals surface area contributed by atoms with Crippen LogP contribution in [0.15, 0.2) is 42.5 Å². The van der Waals surface area contributed by atoms with Crippen LogP contribution in [0.3, 0.4) is 0 Å². The molecule has 2 heterocycles. The van der Waals surface area contributed by atoms with Gasteiger partial charge in [-0.3, -0.25) is 4.79 Å². The predicted molar refractivity (Wildman–Crippen MR) is 112 cm³/mol. The standard InChI is InChI=1S/C22H24ClN3O2/c1-3-4-11-25-18-8-6-5-7-17(18)24-22(25)15-12-21(27)26(14-15)19-13-16(23)9-10-20(19)28-2/h5-10,13,15H,3-4,11-12,14H2,1-2H3. The van der Waals surface area contributed by atoms with Gasteiger partial charge in [0.15, 0.2) is 0 Å². The molecular weight excluding hydrogens is 374 g/mol. The van der Waals surface area contributed by atoms with Gasteiger partial charge in [0.25, 0.3) is 0 Å². The average Bonchev–Trinajstić information content (AvgIpc) is 3.26. The highest BCUT2D eigenvalue weighted by Crippen LogP contribution is 2.38. The molecule has 0 radical (unpaired) electrons. The first kappa shape index (κ1) is 18.8. The molecular formula is C22H24ClN3O2.